The fourth-order valence-electron chi connectivity index (χ4n) is 2.43. The summed E-state index contributed by atoms with van der Waals surface area (Å²) in [5.74, 6) is -0.0106. The Morgan fingerprint density at radius 1 is 1.04 bits per heavy atom. The fourth-order valence-corrected chi connectivity index (χ4v) is 2.89. The van der Waals surface area contributed by atoms with E-state index in [1.165, 1.54) is 0 Å². The van der Waals surface area contributed by atoms with E-state index in [0.29, 0.717) is 31.7 Å². The predicted molar refractivity (Wildman–Crippen MR) is 92.5 cm³/mol. The molecule has 0 N–H and O–H groups in total. The Bertz CT molecular complexity index is 583. The first-order valence-corrected chi connectivity index (χ1v) is 8.59. The minimum Gasteiger partial charge on any atom is -0.444 e. The molecule has 0 atom stereocenters. The van der Waals surface area contributed by atoms with Crippen LogP contribution in [0.1, 0.15) is 37.6 Å². The molecule has 0 unspecified atom stereocenters. The molecular formula is C17H23BrN2O3. The van der Waals surface area contributed by atoms with Gasteiger partial charge < -0.3 is 14.5 Å². The second-order valence-corrected chi connectivity index (χ2v) is 7.45. The summed E-state index contributed by atoms with van der Waals surface area (Å²) in [6.07, 6.45) is 0.433. The molecule has 6 heteroatoms. The molecule has 5 nitrogen and oxygen atoms in total. The average molecular weight is 383 g/mol. The molecule has 1 fully saturated rings. The molecule has 0 radical (unpaired) electrons. The normalized spacial score (nSPS) is 16.0. The molecule has 126 valence electrons. The summed E-state index contributed by atoms with van der Waals surface area (Å²) < 4.78 is 6.20. The third kappa shape index (κ3) is 4.96. The van der Waals surface area contributed by atoms with Crippen LogP contribution >= 0.6 is 15.9 Å². The van der Waals surface area contributed by atoms with Gasteiger partial charge in [-0.1, -0.05) is 12.1 Å². The lowest BCUT2D eigenvalue weighted by Crippen LogP contribution is -2.40. The maximum Gasteiger partial charge on any atom is 0.410 e. The summed E-state index contributed by atoms with van der Waals surface area (Å²) in [5.41, 5.74) is 0.145. The topological polar surface area (TPSA) is 49.9 Å². The second kappa shape index (κ2) is 7.34. The zero-order valence-electron chi connectivity index (χ0n) is 13.8. The fraction of sp³-hybridized carbons (Fsp3) is 0.529. The van der Waals surface area contributed by atoms with Gasteiger partial charge in [-0.25, -0.2) is 4.79 Å². The monoisotopic (exact) mass is 382 g/mol. The van der Waals surface area contributed by atoms with Gasteiger partial charge in [0.1, 0.15) is 5.60 Å². The van der Waals surface area contributed by atoms with Crippen LogP contribution in [-0.2, 0) is 4.74 Å². The molecule has 0 aromatic heterocycles. The quantitative estimate of drug-likeness (QED) is 0.746. The molecule has 1 heterocycles. The van der Waals surface area contributed by atoms with Crippen LogP contribution in [-0.4, -0.2) is 53.6 Å². The number of hydrogen-bond acceptors (Lipinski definition) is 3. The van der Waals surface area contributed by atoms with Crippen molar-refractivity contribution in [2.24, 2.45) is 0 Å². The van der Waals surface area contributed by atoms with Crippen LogP contribution in [0.4, 0.5) is 4.79 Å². The highest BCUT2D eigenvalue weighted by Gasteiger charge is 2.26. The lowest BCUT2D eigenvalue weighted by molar-refractivity contribution is 0.0255. The van der Waals surface area contributed by atoms with Crippen LogP contribution in [0.3, 0.4) is 0 Å². The first kappa shape index (κ1) is 17.8. The molecule has 2 rings (SSSR count). The van der Waals surface area contributed by atoms with E-state index in [4.69, 9.17) is 4.74 Å². The third-order valence-corrected chi connectivity index (χ3v) is 4.23. The summed E-state index contributed by atoms with van der Waals surface area (Å²) in [6.45, 7) is 7.81. The summed E-state index contributed by atoms with van der Waals surface area (Å²) >= 11 is 3.42. The van der Waals surface area contributed by atoms with Crippen molar-refractivity contribution < 1.29 is 14.3 Å². The molecule has 1 aliphatic rings. The third-order valence-electron chi connectivity index (χ3n) is 3.54. The minimum atomic E-state index is -0.506. The standard InChI is InChI=1S/C17H23BrN2O3/c1-17(2,3)23-16(22)20-10-6-9-19(11-12-20)15(21)13-7-4-5-8-14(13)18/h4-5,7-8H,6,9-12H2,1-3H3. The Morgan fingerprint density at radius 3 is 2.30 bits per heavy atom. The number of rotatable bonds is 1. The first-order valence-electron chi connectivity index (χ1n) is 7.79. The lowest BCUT2D eigenvalue weighted by Gasteiger charge is -2.26. The molecule has 1 aromatic carbocycles. The highest BCUT2D eigenvalue weighted by Crippen LogP contribution is 2.19. The molecule has 0 bridgehead atoms. The smallest absolute Gasteiger partial charge is 0.410 e. The van der Waals surface area contributed by atoms with E-state index in [2.05, 4.69) is 15.9 Å². The average Bonchev–Trinajstić information content (AvgIpc) is 2.71. The van der Waals surface area contributed by atoms with E-state index in [1.54, 1.807) is 9.80 Å². The van der Waals surface area contributed by atoms with E-state index < -0.39 is 5.60 Å². The first-order chi connectivity index (χ1) is 10.8. The molecule has 0 saturated carbocycles. The number of amides is 2. The van der Waals surface area contributed by atoms with Crippen molar-refractivity contribution in [2.45, 2.75) is 32.8 Å². The van der Waals surface area contributed by atoms with E-state index in [-0.39, 0.29) is 12.0 Å². The summed E-state index contributed by atoms with van der Waals surface area (Å²) in [4.78, 5) is 28.3. The summed E-state index contributed by atoms with van der Waals surface area (Å²) in [5, 5.41) is 0. The van der Waals surface area contributed by atoms with Gasteiger partial charge in [0.05, 0.1) is 5.56 Å². The molecule has 0 aliphatic carbocycles. The van der Waals surface area contributed by atoms with Crippen molar-refractivity contribution in [3.05, 3.63) is 34.3 Å². The summed E-state index contributed by atoms with van der Waals surface area (Å²) in [6, 6.07) is 7.40. The van der Waals surface area contributed by atoms with E-state index in [9.17, 15) is 9.59 Å². The zero-order valence-corrected chi connectivity index (χ0v) is 15.4. The van der Waals surface area contributed by atoms with E-state index >= 15 is 0 Å². The Morgan fingerprint density at radius 2 is 1.65 bits per heavy atom. The molecule has 1 saturated heterocycles. The number of hydrogen-bond donors (Lipinski definition) is 0. The van der Waals surface area contributed by atoms with Gasteiger partial charge in [-0.15, -0.1) is 0 Å². The highest BCUT2D eigenvalue weighted by atomic mass is 79.9. The molecular weight excluding hydrogens is 360 g/mol. The van der Waals surface area contributed by atoms with E-state index in [0.717, 1.165) is 10.9 Å². The number of benzene rings is 1. The van der Waals surface area contributed by atoms with Gasteiger partial charge in [0.25, 0.3) is 5.91 Å². The molecule has 1 aromatic rings. The molecule has 23 heavy (non-hydrogen) atoms. The van der Waals surface area contributed by atoms with Crippen molar-refractivity contribution in [3.8, 4) is 0 Å². The van der Waals surface area contributed by atoms with Gasteiger partial charge in [-0.3, -0.25) is 4.79 Å². The van der Waals surface area contributed by atoms with Crippen LogP contribution in [0.25, 0.3) is 0 Å². The van der Waals surface area contributed by atoms with Crippen molar-refractivity contribution >= 4 is 27.9 Å². The number of carbonyl (C=O) groups is 2. The minimum absolute atomic E-state index is 0.0106. The van der Waals surface area contributed by atoms with Crippen LogP contribution < -0.4 is 0 Å². The number of halogens is 1. The van der Waals surface area contributed by atoms with Crippen LogP contribution in [0.5, 0.6) is 0 Å². The number of ether oxygens (including phenoxy) is 1. The number of nitrogens with zero attached hydrogens (tertiary/aromatic N) is 2. The van der Waals surface area contributed by atoms with Crippen LogP contribution in [0, 0.1) is 0 Å². The van der Waals surface area contributed by atoms with Gasteiger partial charge in [-0.05, 0) is 55.3 Å². The van der Waals surface area contributed by atoms with Crippen LogP contribution in [0.2, 0.25) is 0 Å². The SMILES string of the molecule is CC(C)(C)OC(=O)N1CCCN(C(=O)c2ccccc2Br)CC1. The largest absolute Gasteiger partial charge is 0.444 e. The Balaban J connectivity index is 2.00. The molecule has 0 spiro atoms. The van der Waals surface area contributed by atoms with Gasteiger partial charge in [0.15, 0.2) is 0 Å². The molecule has 2 amide bonds. The lowest BCUT2D eigenvalue weighted by atomic mass is 10.2. The number of carbonyl (C=O) groups excluding carboxylic acids is 2. The van der Waals surface area contributed by atoms with Crippen molar-refractivity contribution in [1.29, 1.82) is 0 Å². The van der Waals surface area contributed by atoms with Crippen LogP contribution in [0.15, 0.2) is 28.7 Å². The van der Waals surface area contributed by atoms with Crippen molar-refractivity contribution in [1.82, 2.24) is 9.80 Å². The maximum absolute atomic E-state index is 12.6. The van der Waals surface area contributed by atoms with Gasteiger partial charge in [-0.2, -0.15) is 0 Å². The van der Waals surface area contributed by atoms with Gasteiger partial charge in [0.2, 0.25) is 0 Å². The Hall–Kier alpha value is -1.56. The van der Waals surface area contributed by atoms with Gasteiger partial charge in [0, 0.05) is 30.7 Å². The predicted octanol–water partition coefficient (Wildman–Crippen LogP) is 3.53. The second-order valence-electron chi connectivity index (χ2n) is 6.59. The van der Waals surface area contributed by atoms with Crippen molar-refractivity contribution in [3.63, 3.8) is 0 Å². The van der Waals surface area contributed by atoms with Crippen molar-refractivity contribution in [2.75, 3.05) is 26.2 Å². The van der Waals surface area contributed by atoms with E-state index in [1.807, 2.05) is 45.0 Å². The van der Waals surface area contributed by atoms with Gasteiger partial charge >= 0.3 is 6.09 Å². The summed E-state index contributed by atoms with van der Waals surface area (Å²) in [7, 11) is 0. The Kier molecular flexibility index (Phi) is 5.68. The highest BCUT2D eigenvalue weighted by molar-refractivity contribution is 9.10. The molecule has 1 aliphatic heterocycles. The maximum atomic E-state index is 12.6. The zero-order chi connectivity index (χ0) is 17.0. The Labute approximate surface area is 145 Å².